The molecular formula is C18H23BN4O7. The highest BCUT2D eigenvalue weighted by Crippen LogP contribution is 2.34. The highest BCUT2D eigenvalue weighted by Gasteiger charge is 2.32. The first-order valence-electron chi connectivity index (χ1n) is 9.41. The van der Waals surface area contributed by atoms with E-state index in [1.165, 1.54) is 29.6 Å². The van der Waals surface area contributed by atoms with E-state index >= 15 is 0 Å². The third kappa shape index (κ3) is 4.73. The Morgan fingerprint density at radius 1 is 1.40 bits per heavy atom. The van der Waals surface area contributed by atoms with Gasteiger partial charge >= 0.3 is 13.1 Å². The van der Waals surface area contributed by atoms with Crippen molar-refractivity contribution in [3.8, 4) is 11.5 Å². The number of carbonyl (C=O) groups excluding carboxylic acids is 1. The number of aromatic amines is 1. The third-order valence-electron chi connectivity index (χ3n) is 4.98. The van der Waals surface area contributed by atoms with Crippen molar-refractivity contribution >= 4 is 19.0 Å². The van der Waals surface area contributed by atoms with Gasteiger partial charge in [-0.05, 0) is 24.4 Å². The minimum absolute atomic E-state index is 0.0227. The standard InChI is InChI=1S/C18H23BN4O7/c20-15(12-7-21-9-22-12)17(25)23-6-4-11(8-23)30-13-2-1-10(3-5-19(28)29)16(24)14(13)18(26)27/h1-2,7,9,11,15,24,28-29H,3-6,8,20H2,(H,21,22)(H,26,27)/t11-,15?/m0/s1. The molecule has 1 amide bonds. The van der Waals surface area contributed by atoms with Crippen molar-refractivity contribution in [1.82, 2.24) is 14.9 Å². The molecule has 30 heavy (non-hydrogen) atoms. The van der Waals surface area contributed by atoms with Crippen molar-refractivity contribution in [2.75, 3.05) is 13.1 Å². The van der Waals surface area contributed by atoms with Crippen LogP contribution in [0.1, 0.15) is 34.1 Å². The molecule has 160 valence electrons. The van der Waals surface area contributed by atoms with Gasteiger partial charge in [-0.15, -0.1) is 0 Å². The molecule has 7 N–H and O–H groups in total. The van der Waals surface area contributed by atoms with Gasteiger partial charge in [0.05, 0.1) is 24.8 Å². The molecule has 2 heterocycles. The molecule has 0 saturated carbocycles. The van der Waals surface area contributed by atoms with Gasteiger partial charge in [-0.1, -0.05) is 6.07 Å². The lowest BCUT2D eigenvalue weighted by molar-refractivity contribution is -0.132. The molecule has 2 atom stereocenters. The van der Waals surface area contributed by atoms with Crippen LogP contribution in [0, 0.1) is 0 Å². The summed E-state index contributed by atoms with van der Waals surface area (Å²) in [7, 11) is -1.57. The van der Waals surface area contributed by atoms with E-state index in [0.29, 0.717) is 18.7 Å². The van der Waals surface area contributed by atoms with Gasteiger partial charge in [0.2, 0.25) is 5.91 Å². The van der Waals surface area contributed by atoms with E-state index in [9.17, 15) is 19.8 Å². The van der Waals surface area contributed by atoms with E-state index in [2.05, 4.69) is 9.97 Å². The summed E-state index contributed by atoms with van der Waals surface area (Å²) in [5, 5.41) is 37.8. The Morgan fingerprint density at radius 3 is 2.80 bits per heavy atom. The second kappa shape index (κ2) is 9.16. The topological polar surface area (TPSA) is 182 Å². The lowest BCUT2D eigenvalue weighted by Crippen LogP contribution is -2.38. The van der Waals surface area contributed by atoms with Crippen molar-refractivity contribution in [3.05, 3.63) is 41.5 Å². The number of rotatable bonds is 8. The number of aromatic carboxylic acids is 1. The Morgan fingerprint density at radius 2 is 2.17 bits per heavy atom. The third-order valence-corrected chi connectivity index (χ3v) is 4.98. The summed E-state index contributed by atoms with van der Waals surface area (Å²) in [6.45, 7) is 0.616. The van der Waals surface area contributed by atoms with Crippen LogP contribution < -0.4 is 10.5 Å². The van der Waals surface area contributed by atoms with E-state index in [0.717, 1.165) is 0 Å². The van der Waals surface area contributed by atoms with Gasteiger partial charge < -0.3 is 40.6 Å². The van der Waals surface area contributed by atoms with E-state index in [1.54, 1.807) is 0 Å². The summed E-state index contributed by atoms with van der Waals surface area (Å²) in [4.78, 5) is 32.4. The first-order valence-corrected chi connectivity index (χ1v) is 9.41. The lowest BCUT2D eigenvalue weighted by Gasteiger charge is -2.21. The van der Waals surface area contributed by atoms with Crippen molar-refractivity contribution in [3.63, 3.8) is 0 Å². The summed E-state index contributed by atoms with van der Waals surface area (Å²) in [6, 6.07) is 2.01. The highest BCUT2D eigenvalue weighted by molar-refractivity contribution is 6.41. The number of ether oxygens (including phenoxy) is 1. The van der Waals surface area contributed by atoms with Gasteiger partial charge in [-0.3, -0.25) is 4.79 Å². The molecule has 1 aromatic carbocycles. The summed E-state index contributed by atoms with van der Waals surface area (Å²) in [5.41, 5.74) is 6.31. The number of carboxylic acids is 1. The van der Waals surface area contributed by atoms with Crippen LogP contribution in [0.3, 0.4) is 0 Å². The number of amides is 1. The van der Waals surface area contributed by atoms with Crippen LogP contribution in [-0.4, -0.2) is 73.3 Å². The number of nitrogens with zero attached hydrogens (tertiary/aromatic N) is 2. The maximum Gasteiger partial charge on any atom is 0.451 e. The molecule has 1 unspecified atom stereocenters. The fourth-order valence-corrected chi connectivity index (χ4v) is 3.38. The lowest BCUT2D eigenvalue weighted by atomic mass is 9.82. The van der Waals surface area contributed by atoms with Gasteiger partial charge in [0.1, 0.15) is 29.2 Å². The Hall–Kier alpha value is -3.09. The van der Waals surface area contributed by atoms with Crippen molar-refractivity contribution in [2.24, 2.45) is 5.73 Å². The zero-order valence-electron chi connectivity index (χ0n) is 16.1. The number of hydrogen-bond donors (Lipinski definition) is 6. The normalized spacial score (nSPS) is 17.0. The number of aromatic hydroxyl groups is 1. The van der Waals surface area contributed by atoms with Crippen LogP contribution in [0.5, 0.6) is 11.5 Å². The predicted octanol–water partition coefficient (Wildman–Crippen LogP) is -0.492. The van der Waals surface area contributed by atoms with Crippen LogP contribution in [0.15, 0.2) is 24.7 Å². The first kappa shape index (κ1) is 21.6. The molecule has 1 fully saturated rings. The van der Waals surface area contributed by atoms with Gasteiger partial charge in [0.15, 0.2) is 0 Å². The van der Waals surface area contributed by atoms with E-state index in [1.807, 2.05) is 0 Å². The largest absolute Gasteiger partial charge is 0.507 e. The van der Waals surface area contributed by atoms with E-state index < -0.39 is 36.5 Å². The SMILES string of the molecule is NC(C(=O)N1CC[C@H](Oc2ccc(CCB(O)O)c(O)c2C(=O)O)C1)c1cnc[nH]1. The molecule has 2 aromatic rings. The Labute approximate surface area is 172 Å². The van der Waals surface area contributed by atoms with Gasteiger partial charge in [-0.2, -0.15) is 0 Å². The molecule has 11 nitrogen and oxygen atoms in total. The second-order valence-electron chi connectivity index (χ2n) is 7.07. The van der Waals surface area contributed by atoms with Gasteiger partial charge in [0, 0.05) is 13.0 Å². The van der Waals surface area contributed by atoms with Crippen molar-refractivity contribution in [2.45, 2.75) is 31.3 Å². The Bertz CT molecular complexity index is 906. The smallest absolute Gasteiger partial charge is 0.451 e. The molecule has 0 aliphatic carbocycles. The monoisotopic (exact) mass is 418 g/mol. The molecule has 1 saturated heterocycles. The number of carbonyl (C=O) groups is 2. The second-order valence-corrected chi connectivity index (χ2v) is 7.07. The molecule has 0 bridgehead atoms. The zero-order chi connectivity index (χ0) is 21.8. The number of phenols is 1. The fraction of sp³-hybridized carbons (Fsp3) is 0.389. The van der Waals surface area contributed by atoms with Gasteiger partial charge in [0.25, 0.3) is 0 Å². The number of hydrogen-bond acceptors (Lipinski definition) is 8. The molecule has 12 heteroatoms. The van der Waals surface area contributed by atoms with Crippen molar-refractivity contribution in [1.29, 1.82) is 0 Å². The van der Waals surface area contributed by atoms with Crippen LogP contribution in [-0.2, 0) is 11.2 Å². The van der Waals surface area contributed by atoms with Crippen LogP contribution in [0.2, 0.25) is 6.32 Å². The molecule has 0 radical (unpaired) electrons. The fourth-order valence-electron chi connectivity index (χ4n) is 3.38. The van der Waals surface area contributed by atoms with Crippen LogP contribution in [0.25, 0.3) is 0 Å². The average molecular weight is 418 g/mol. The average Bonchev–Trinajstić information content (AvgIpc) is 3.38. The zero-order valence-corrected chi connectivity index (χ0v) is 16.1. The van der Waals surface area contributed by atoms with Crippen molar-refractivity contribution < 1.29 is 34.6 Å². The van der Waals surface area contributed by atoms with Crippen LogP contribution in [0.4, 0.5) is 0 Å². The quantitative estimate of drug-likeness (QED) is 0.308. The summed E-state index contributed by atoms with van der Waals surface area (Å²) in [5.74, 6) is -2.18. The molecule has 1 aliphatic heterocycles. The number of likely N-dealkylation sites (tertiary alicyclic amines) is 1. The van der Waals surface area contributed by atoms with E-state index in [-0.39, 0.29) is 36.5 Å². The number of carboxylic acid groups (broad SMARTS) is 1. The number of benzene rings is 1. The molecular weight excluding hydrogens is 395 g/mol. The molecule has 1 aromatic heterocycles. The predicted molar refractivity (Wildman–Crippen MR) is 105 cm³/mol. The molecule has 3 rings (SSSR count). The van der Waals surface area contributed by atoms with Gasteiger partial charge in [-0.25, -0.2) is 9.78 Å². The summed E-state index contributed by atoms with van der Waals surface area (Å²) < 4.78 is 5.79. The number of imidazole rings is 1. The van der Waals surface area contributed by atoms with E-state index in [4.69, 9.17) is 20.5 Å². The number of aryl methyl sites for hydroxylation is 1. The minimum Gasteiger partial charge on any atom is -0.507 e. The van der Waals surface area contributed by atoms with Crippen LogP contribution >= 0.6 is 0 Å². The molecule has 0 spiro atoms. The molecule has 1 aliphatic rings. The number of aromatic nitrogens is 2. The number of nitrogens with one attached hydrogen (secondary N) is 1. The summed E-state index contributed by atoms with van der Waals surface area (Å²) in [6.07, 6.45) is 2.95. The first-order chi connectivity index (χ1) is 14.3. The maximum atomic E-state index is 12.6. The minimum atomic E-state index is -1.57. The Kier molecular flexibility index (Phi) is 6.60. The maximum absolute atomic E-state index is 12.6. The highest BCUT2D eigenvalue weighted by atomic mass is 16.5. The number of H-pyrrole nitrogens is 1. The Balaban J connectivity index is 1.70. The number of nitrogens with two attached hydrogens (primary N) is 1. The summed E-state index contributed by atoms with van der Waals surface area (Å²) >= 11 is 0.